The number of halogens is 1. The molecule has 4 aromatic rings. The standard InChI is InChI=1S/C27H28FNO4S/c1-3-29(4-2)18-9-19-32-20-14-16-21(17-15-20)34(30,31)27-23-11-6-8-13-25(23)33-26(27)22-10-5-7-12-24(22)28/h5-8,10-17H,3-4,9,18-19H2,1-2H3. The van der Waals surface area contributed by atoms with Crippen LogP contribution in [0.3, 0.4) is 0 Å². The largest absolute Gasteiger partial charge is 0.494 e. The lowest BCUT2D eigenvalue weighted by Gasteiger charge is -2.17. The van der Waals surface area contributed by atoms with Crippen LogP contribution in [0.15, 0.2) is 87.0 Å². The lowest BCUT2D eigenvalue weighted by Crippen LogP contribution is -2.25. The highest BCUT2D eigenvalue weighted by Crippen LogP contribution is 2.40. The summed E-state index contributed by atoms with van der Waals surface area (Å²) in [5, 5.41) is 0.414. The fourth-order valence-electron chi connectivity index (χ4n) is 3.96. The van der Waals surface area contributed by atoms with E-state index in [0.717, 1.165) is 26.1 Å². The molecule has 0 N–H and O–H groups in total. The van der Waals surface area contributed by atoms with Gasteiger partial charge in [0.05, 0.1) is 17.1 Å². The molecule has 7 heteroatoms. The van der Waals surface area contributed by atoms with Gasteiger partial charge in [0.2, 0.25) is 9.84 Å². The summed E-state index contributed by atoms with van der Waals surface area (Å²) < 4.78 is 53.6. The number of sulfone groups is 1. The van der Waals surface area contributed by atoms with Crippen LogP contribution in [-0.2, 0) is 9.84 Å². The van der Waals surface area contributed by atoms with Crippen LogP contribution in [0.1, 0.15) is 20.3 Å². The molecule has 0 amide bonds. The van der Waals surface area contributed by atoms with E-state index in [2.05, 4.69) is 18.7 Å². The Kier molecular flexibility index (Phi) is 7.34. The molecule has 0 aliphatic carbocycles. The highest BCUT2D eigenvalue weighted by atomic mass is 32.2. The third-order valence-electron chi connectivity index (χ3n) is 5.85. The molecule has 0 fully saturated rings. The second-order valence-electron chi connectivity index (χ2n) is 7.94. The van der Waals surface area contributed by atoms with Crippen LogP contribution in [0.2, 0.25) is 0 Å². The molecule has 0 unspecified atom stereocenters. The Balaban J connectivity index is 1.63. The molecule has 0 aliphatic heterocycles. The Morgan fingerprint density at radius 2 is 1.59 bits per heavy atom. The molecule has 0 aliphatic rings. The normalized spacial score (nSPS) is 11.9. The van der Waals surface area contributed by atoms with Gasteiger partial charge in [0.15, 0.2) is 5.76 Å². The molecular weight excluding hydrogens is 453 g/mol. The summed E-state index contributed by atoms with van der Waals surface area (Å²) in [6.07, 6.45) is 0.884. The van der Waals surface area contributed by atoms with Crippen molar-refractivity contribution in [2.75, 3.05) is 26.2 Å². The van der Waals surface area contributed by atoms with Gasteiger partial charge in [0.1, 0.15) is 22.0 Å². The summed E-state index contributed by atoms with van der Waals surface area (Å²) in [4.78, 5) is 2.37. The zero-order valence-corrected chi connectivity index (χ0v) is 20.1. The van der Waals surface area contributed by atoms with Gasteiger partial charge in [-0.1, -0.05) is 38.1 Å². The number of hydrogen-bond donors (Lipinski definition) is 0. The maximum absolute atomic E-state index is 14.6. The number of benzene rings is 3. The van der Waals surface area contributed by atoms with Gasteiger partial charge in [-0.05, 0) is 68.0 Å². The van der Waals surface area contributed by atoms with Crippen LogP contribution < -0.4 is 4.74 Å². The van der Waals surface area contributed by atoms with Crippen molar-refractivity contribution in [1.82, 2.24) is 4.90 Å². The van der Waals surface area contributed by atoms with Crippen molar-refractivity contribution in [1.29, 1.82) is 0 Å². The van der Waals surface area contributed by atoms with E-state index < -0.39 is 15.7 Å². The van der Waals surface area contributed by atoms with E-state index in [1.54, 1.807) is 48.5 Å². The van der Waals surface area contributed by atoms with Gasteiger partial charge in [0.25, 0.3) is 0 Å². The van der Waals surface area contributed by atoms with Gasteiger partial charge in [-0.15, -0.1) is 0 Å². The molecule has 0 saturated heterocycles. The highest BCUT2D eigenvalue weighted by molar-refractivity contribution is 7.91. The smallest absolute Gasteiger partial charge is 0.211 e. The van der Waals surface area contributed by atoms with Crippen molar-refractivity contribution in [3.05, 3.63) is 78.6 Å². The van der Waals surface area contributed by atoms with Crippen LogP contribution in [0.5, 0.6) is 5.75 Å². The van der Waals surface area contributed by atoms with Gasteiger partial charge in [-0.25, -0.2) is 12.8 Å². The Morgan fingerprint density at radius 1 is 0.912 bits per heavy atom. The molecule has 0 atom stereocenters. The zero-order valence-electron chi connectivity index (χ0n) is 19.3. The summed E-state index contributed by atoms with van der Waals surface area (Å²) in [6, 6.07) is 19.2. The third-order valence-corrected chi connectivity index (χ3v) is 7.69. The average Bonchev–Trinajstić information content (AvgIpc) is 3.25. The first kappa shape index (κ1) is 24.0. The summed E-state index contributed by atoms with van der Waals surface area (Å²) in [7, 11) is -4.00. The fourth-order valence-corrected chi connectivity index (χ4v) is 5.55. The first-order chi connectivity index (χ1) is 16.5. The molecule has 4 rings (SSSR count). The summed E-state index contributed by atoms with van der Waals surface area (Å²) in [5.41, 5.74) is 0.484. The van der Waals surface area contributed by atoms with Crippen LogP contribution in [-0.4, -0.2) is 39.6 Å². The maximum Gasteiger partial charge on any atom is 0.211 e. The maximum atomic E-state index is 14.6. The second-order valence-corrected chi connectivity index (χ2v) is 9.83. The number of hydrogen-bond acceptors (Lipinski definition) is 5. The number of fused-ring (bicyclic) bond motifs is 1. The Labute approximate surface area is 199 Å². The summed E-state index contributed by atoms with van der Waals surface area (Å²) in [6.45, 7) is 7.76. The number of para-hydroxylation sites is 1. The van der Waals surface area contributed by atoms with Crippen molar-refractivity contribution in [2.45, 2.75) is 30.1 Å². The summed E-state index contributed by atoms with van der Waals surface area (Å²) >= 11 is 0. The second kappa shape index (κ2) is 10.4. The van der Waals surface area contributed by atoms with Gasteiger partial charge < -0.3 is 14.1 Å². The third kappa shape index (κ3) is 4.86. The topological polar surface area (TPSA) is 59.8 Å². The lowest BCUT2D eigenvalue weighted by atomic mass is 10.1. The zero-order chi connectivity index (χ0) is 24.1. The molecule has 0 bridgehead atoms. The predicted molar refractivity (Wildman–Crippen MR) is 131 cm³/mol. The highest BCUT2D eigenvalue weighted by Gasteiger charge is 2.30. The first-order valence-electron chi connectivity index (χ1n) is 11.4. The average molecular weight is 482 g/mol. The molecule has 3 aromatic carbocycles. The molecule has 0 saturated carbocycles. The van der Waals surface area contributed by atoms with Gasteiger partial charge in [-0.3, -0.25) is 0 Å². The molecule has 0 spiro atoms. The minimum Gasteiger partial charge on any atom is -0.494 e. The van der Waals surface area contributed by atoms with E-state index in [9.17, 15) is 12.8 Å². The predicted octanol–water partition coefficient (Wildman–Crippen LogP) is 6.18. The molecule has 1 heterocycles. The number of ether oxygens (including phenoxy) is 1. The van der Waals surface area contributed by atoms with E-state index in [0.29, 0.717) is 23.3 Å². The van der Waals surface area contributed by atoms with Crippen LogP contribution in [0.4, 0.5) is 4.39 Å². The van der Waals surface area contributed by atoms with Crippen LogP contribution in [0.25, 0.3) is 22.3 Å². The summed E-state index contributed by atoms with van der Waals surface area (Å²) in [5.74, 6) is 0.0485. The monoisotopic (exact) mass is 481 g/mol. The van der Waals surface area contributed by atoms with Crippen molar-refractivity contribution in [3.63, 3.8) is 0 Å². The minimum atomic E-state index is -4.00. The minimum absolute atomic E-state index is 0.00368. The molecular formula is C27H28FNO4S. The van der Waals surface area contributed by atoms with Crippen molar-refractivity contribution >= 4 is 20.8 Å². The number of nitrogens with zero attached hydrogens (tertiary/aromatic N) is 1. The van der Waals surface area contributed by atoms with Gasteiger partial charge in [0, 0.05) is 11.9 Å². The van der Waals surface area contributed by atoms with Crippen molar-refractivity contribution in [3.8, 4) is 17.1 Å². The van der Waals surface area contributed by atoms with Crippen LogP contribution in [0, 0.1) is 5.82 Å². The number of rotatable bonds is 10. The molecule has 34 heavy (non-hydrogen) atoms. The SMILES string of the molecule is CCN(CC)CCCOc1ccc(S(=O)(=O)c2c(-c3ccccc3F)oc3ccccc23)cc1. The Bertz CT molecular complexity index is 1360. The quantitative estimate of drug-likeness (QED) is 0.253. The Morgan fingerprint density at radius 3 is 2.29 bits per heavy atom. The van der Waals surface area contributed by atoms with E-state index >= 15 is 0 Å². The van der Waals surface area contributed by atoms with E-state index in [1.165, 1.54) is 24.3 Å². The van der Waals surface area contributed by atoms with E-state index in [-0.39, 0.29) is 21.1 Å². The van der Waals surface area contributed by atoms with Gasteiger partial charge in [-0.2, -0.15) is 0 Å². The Hall–Kier alpha value is -3.16. The van der Waals surface area contributed by atoms with E-state index in [1.807, 2.05) is 0 Å². The fraction of sp³-hybridized carbons (Fsp3) is 0.259. The van der Waals surface area contributed by atoms with Crippen LogP contribution >= 0.6 is 0 Å². The molecule has 5 nitrogen and oxygen atoms in total. The van der Waals surface area contributed by atoms with E-state index in [4.69, 9.17) is 9.15 Å². The molecule has 1 aromatic heterocycles. The first-order valence-corrected chi connectivity index (χ1v) is 12.9. The van der Waals surface area contributed by atoms with Crippen molar-refractivity contribution < 1.29 is 22.0 Å². The van der Waals surface area contributed by atoms with Crippen molar-refractivity contribution in [2.24, 2.45) is 0 Å². The lowest BCUT2D eigenvalue weighted by molar-refractivity contribution is 0.249. The molecule has 0 radical (unpaired) electrons. The van der Waals surface area contributed by atoms with Gasteiger partial charge >= 0.3 is 0 Å². The molecule has 178 valence electrons. The number of furan rings is 1.